The lowest BCUT2D eigenvalue weighted by Crippen LogP contribution is -2.46. The van der Waals surface area contributed by atoms with Gasteiger partial charge in [-0.2, -0.15) is 12.5 Å². The van der Waals surface area contributed by atoms with Gasteiger partial charge in [-0.25, -0.2) is 0 Å². The zero-order chi connectivity index (χ0) is 21.4. The first-order valence-electron chi connectivity index (χ1n) is 10.3. The quantitative estimate of drug-likeness (QED) is 0.459. The van der Waals surface area contributed by atoms with Gasteiger partial charge in [0.1, 0.15) is 0 Å². The molecule has 0 bridgehead atoms. The van der Waals surface area contributed by atoms with Crippen LogP contribution in [0.25, 0.3) is 10.2 Å². The highest BCUT2D eigenvalue weighted by Crippen LogP contribution is 2.33. The van der Waals surface area contributed by atoms with E-state index in [4.69, 9.17) is 0 Å². The van der Waals surface area contributed by atoms with Crippen molar-refractivity contribution in [1.29, 1.82) is 0 Å². The third kappa shape index (κ3) is 3.86. The molecule has 0 saturated carbocycles. The van der Waals surface area contributed by atoms with E-state index in [2.05, 4.69) is 39.2 Å². The van der Waals surface area contributed by atoms with Crippen LogP contribution in [0.15, 0.2) is 70.9 Å². The van der Waals surface area contributed by atoms with Crippen molar-refractivity contribution < 1.29 is 8.42 Å². The zero-order valence-electron chi connectivity index (χ0n) is 17.3. The number of hydrogen-bond acceptors (Lipinski definition) is 6. The van der Waals surface area contributed by atoms with Crippen molar-refractivity contribution in [2.45, 2.75) is 18.4 Å². The van der Waals surface area contributed by atoms with Crippen LogP contribution in [0.4, 0.5) is 5.82 Å². The van der Waals surface area contributed by atoms with Crippen LogP contribution in [0.3, 0.4) is 0 Å². The van der Waals surface area contributed by atoms with Gasteiger partial charge in [-0.05, 0) is 36.1 Å². The highest BCUT2D eigenvalue weighted by molar-refractivity contribution is 7.90. The molecule has 3 heterocycles. The molecule has 1 aliphatic rings. The molecule has 0 aliphatic carbocycles. The first-order chi connectivity index (χ1) is 15.0. The molecule has 160 valence electrons. The third-order valence-corrected chi connectivity index (χ3v) is 8.21. The van der Waals surface area contributed by atoms with Crippen LogP contribution < -0.4 is 4.90 Å². The van der Waals surface area contributed by atoms with Gasteiger partial charge in [-0.15, -0.1) is 16.4 Å². The summed E-state index contributed by atoms with van der Waals surface area (Å²) >= 11 is 1.54. The SMILES string of the molecule is Cc1ccc(S(=O)(=O)n2nc(N3CCN(Cc4ccccc4)CC3)c3sccc32)cc1. The number of rotatable bonds is 5. The number of benzene rings is 2. The van der Waals surface area contributed by atoms with Crippen molar-refractivity contribution in [1.82, 2.24) is 14.1 Å². The molecule has 0 spiro atoms. The lowest BCUT2D eigenvalue weighted by atomic mass is 10.2. The van der Waals surface area contributed by atoms with Gasteiger partial charge in [0.15, 0.2) is 5.82 Å². The van der Waals surface area contributed by atoms with Gasteiger partial charge in [0.25, 0.3) is 10.0 Å². The molecule has 1 fully saturated rings. The summed E-state index contributed by atoms with van der Waals surface area (Å²) in [4.78, 5) is 4.90. The van der Waals surface area contributed by atoms with E-state index in [0.717, 1.165) is 48.8 Å². The minimum Gasteiger partial charge on any atom is -0.351 e. The van der Waals surface area contributed by atoms with Crippen molar-refractivity contribution in [2.75, 3.05) is 31.1 Å². The van der Waals surface area contributed by atoms with E-state index in [1.165, 1.54) is 9.65 Å². The molecular formula is C23H24N4O2S2. The van der Waals surface area contributed by atoms with Gasteiger partial charge in [0.05, 0.1) is 15.1 Å². The molecule has 2 aromatic carbocycles. The second-order valence-corrected chi connectivity index (χ2v) is 10.6. The summed E-state index contributed by atoms with van der Waals surface area (Å²) in [6.07, 6.45) is 0. The summed E-state index contributed by atoms with van der Waals surface area (Å²) in [7, 11) is -3.75. The van der Waals surface area contributed by atoms with Gasteiger partial charge in [0.2, 0.25) is 0 Å². The van der Waals surface area contributed by atoms with Crippen molar-refractivity contribution in [3.05, 3.63) is 77.2 Å². The molecule has 1 aliphatic heterocycles. The Morgan fingerprint density at radius 2 is 1.65 bits per heavy atom. The van der Waals surface area contributed by atoms with Crippen LogP contribution in [-0.2, 0) is 16.6 Å². The van der Waals surface area contributed by atoms with Gasteiger partial charge < -0.3 is 4.90 Å². The van der Waals surface area contributed by atoms with Crippen molar-refractivity contribution in [2.24, 2.45) is 0 Å². The molecule has 8 heteroatoms. The normalized spacial score (nSPS) is 15.6. The van der Waals surface area contributed by atoms with Gasteiger partial charge in [0, 0.05) is 32.7 Å². The Morgan fingerprint density at radius 3 is 2.35 bits per heavy atom. The number of aromatic nitrogens is 2. The number of piperazine rings is 1. The number of nitrogens with zero attached hydrogens (tertiary/aromatic N) is 4. The van der Waals surface area contributed by atoms with E-state index in [0.29, 0.717) is 5.52 Å². The minimum atomic E-state index is -3.75. The fourth-order valence-corrected chi connectivity index (χ4v) is 6.18. The molecule has 2 aromatic heterocycles. The predicted molar refractivity (Wildman–Crippen MR) is 125 cm³/mol. The Morgan fingerprint density at radius 1 is 0.935 bits per heavy atom. The van der Waals surface area contributed by atoms with Crippen molar-refractivity contribution >= 4 is 37.4 Å². The molecule has 0 amide bonds. The molecule has 0 N–H and O–H groups in total. The summed E-state index contributed by atoms with van der Waals surface area (Å²) in [5.41, 5.74) is 2.98. The number of anilines is 1. The number of hydrogen-bond donors (Lipinski definition) is 0. The minimum absolute atomic E-state index is 0.257. The summed E-state index contributed by atoms with van der Waals surface area (Å²) in [5.74, 6) is 0.764. The lowest BCUT2D eigenvalue weighted by molar-refractivity contribution is 0.249. The molecule has 0 radical (unpaired) electrons. The van der Waals surface area contributed by atoms with Crippen LogP contribution in [0.1, 0.15) is 11.1 Å². The zero-order valence-corrected chi connectivity index (χ0v) is 18.9. The van der Waals surface area contributed by atoms with E-state index in [9.17, 15) is 8.42 Å². The Balaban J connectivity index is 1.40. The van der Waals surface area contributed by atoms with Crippen molar-refractivity contribution in [3.63, 3.8) is 0 Å². The van der Waals surface area contributed by atoms with E-state index in [1.807, 2.05) is 36.6 Å². The number of fused-ring (bicyclic) bond motifs is 1. The Kier molecular flexibility index (Phi) is 5.29. The maximum atomic E-state index is 13.3. The fourth-order valence-electron chi connectivity index (χ4n) is 3.97. The standard InChI is InChI=1S/C23H24N4O2S2/c1-18-7-9-20(10-8-18)31(28,29)27-21-11-16-30-22(21)23(24-27)26-14-12-25(13-15-26)17-19-5-3-2-4-6-19/h2-11,16H,12-15,17H2,1H3. The Hall–Kier alpha value is -2.68. The average Bonchev–Trinajstić information content (AvgIpc) is 3.38. The fraction of sp³-hybridized carbons (Fsp3) is 0.261. The van der Waals surface area contributed by atoms with Crippen molar-refractivity contribution in [3.8, 4) is 0 Å². The van der Waals surface area contributed by atoms with Gasteiger partial charge in [-0.3, -0.25) is 4.90 Å². The second kappa shape index (κ2) is 8.11. The first kappa shape index (κ1) is 20.2. The third-order valence-electron chi connectivity index (χ3n) is 5.71. The number of aryl methyl sites for hydroxylation is 1. The monoisotopic (exact) mass is 452 g/mol. The molecule has 0 atom stereocenters. The summed E-state index contributed by atoms with van der Waals surface area (Å²) in [5, 5.41) is 6.53. The van der Waals surface area contributed by atoms with Crippen LogP contribution >= 0.6 is 11.3 Å². The topological polar surface area (TPSA) is 58.4 Å². The maximum absolute atomic E-state index is 13.3. The molecule has 4 aromatic rings. The van der Waals surface area contributed by atoms with Crippen LogP contribution in [-0.4, -0.2) is 48.7 Å². The van der Waals surface area contributed by atoms with E-state index >= 15 is 0 Å². The first-order valence-corrected chi connectivity index (χ1v) is 12.6. The van der Waals surface area contributed by atoms with E-state index in [-0.39, 0.29) is 4.90 Å². The predicted octanol–water partition coefficient (Wildman–Crippen LogP) is 3.97. The molecule has 1 saturated heterocycles. The average molecular weight is 453 g/mol. The number of thiophene rings is 1. The molecule has 31 heavy (non-hydrogen) atoms. The van der Waals surface area contributed by atoms with Crippen LogP contribution in [0, 0.1) is 6.92 Å². The second-order valence-electron chi connectivity index (χ2n) is 7.87. The molecule has 6 nitrogen and oxygen atoms in total. The van der Waals surface area contributed by atoms with Crippen LogP contribution in [0.5, 0.6) is 0 Å². The van der Waals surface area contributed by atoms with E-state index < -0.39 is 10.0 Å². The molecular weight excluding hydrogens is 428 g/mol. The highest BCUT2D eigenvalue weighted by Gasteiger charge is 2.27. The Labute approximate surface area is 186 Å². The smallest absolute Gasteiger partial charge is 0.283 e. The summed E-state index contributed by atoms with van der Waals surface area (Å²) in [6.45, 7) is 6.35. The van der Waals surface area contributed by atoms with E-state index in [1.54, 1.807) is 23.5 Å². The molecule has 5 rings (SSSR count). The van der Waals surface area contributed by atoms with Gasteiger partial charge >= 0.3 is 0 Å². The maximum Gasteiger partial charge on any atom is 0.283 e. The van der Waals surface area contributed by atoms with Gasteiger partial charge in [-0.1, -0.05) is 48.0 Å². The highest BCUT2D eigenvalue weighted by atomic mass is 32.2. The largest absolute Gasteiger partial charge is 0.351 e. The Bertz CT molecular complexity index is 1290. The molecule has 0 unspecified atom stereocenters. The van der Waals surface area contributed by atoms with Crippen LogP contribution in [0.2, 0.25) is 0 Å². The lowest BCUT2D eigenvalue weighted by Gasteiger charge is -2.34. The summed E-state index contributed by atoms with van der Waals surface area (Å²) < 4.78 is 28.7. The summed E-state index contributed by atoms with van der Waals surface area (Å²) in [6, 6.07) is 19.2.